The molecule has 0 aliphatic carbocycles. The van der Waals surface area contributed by atoms with E-state index in [1.807, 2.05) is 20.8 Å². The summed E-state index contributed by atoms with van der Waals surface area (Å²) in [5, 5.41) is 0. The molecule has 0 saturated carbocycles. The van der Waals surface area contributed by atoms with Gasteiger partial charge in [0, 0.05) is 6.20 Å². The van der Waals surface area contributed by atoms with Gasteiger partial charge in [0.1, 0.15) is 4.90 Å². The van der Waals surface area contributed by atoms with Crippen LogP contribution in [0.15, 0.2) is 41.4 Å². The molecule has 7 heteroatoms. The van der Waals surface area contributed by atoms with E-state index in [0.717, 1.165) is 11.6 Å². The minimum absolute atomic E-state index is 0.0576. The van der Waals surface area contributed by atoms with Gasteiger partial charge in [-0.15, -0.1) is 0 Å². The van der Waals surface area contributed by atoms with Gasteiger partial charge in [-0.2, -0.15) is 13.2 Å². The van der Waals surface area contributed by atoms with Gasteiger partial charge >= 0.3 is 5.51 Å². The summed E-state index contributed by atoms with van der Waals surface area (Å²) < 4.78 is 61.3. The fourth-order valence-electron chi connectivity index (χ4n) is 2.07. The Labute approximate surface area is 127 Å². The van der Waals surface area contributed by atoms with E-state index in [4.69, 9.17) is 0 Å². The number of hydrogen-bond acceptors (Lipinski definition) is 2. The predicted octanol–water partition coefficient (Wildman–Crippen LogP) is 4.27. The lowest BCUT2D eigenvalue weighted by Crippen LogP contribution is -2.23. The molecule has 0 saturated heterocycles. The smallest absolute Gasteiger partial charge is 0.360 e. The number of nitrogens with one attached hydrogen (secondary N) is 1. The van der Waals surface area contributed by atoms with E-state index in [1.54, 1.807) is 24.3 Å². The van der Waals surface area contributed by atoms with Crippen molar-refractivity contribution in [3.63, 3.8) is 0 Å². The average molecular weight is 331 g/mol. The molecule has 1 heterocycles. The number of sulfone groups is 1. The van der Waals surface area contributed by atoms with Crippen molar-refractivity contribution in [1.82, 2.24) is 4.98 Å². The lowest BCUT2D eigenvalue weighted by Gasteiger charge is -2.19. The van der Waals surface area contributed by atoms with Gasteiger partial charge < -0.3 is 4.98 Å². The second kappa shape index (κ2) is 5.15. The molecule has 2 aromatic rings. The number of alkyl halides is 3. The van der Waals surface area contributed by atoms with Crippen molar-refractivity contribution in [1.29, 1.82) is 0 Å². The minimum atomic E-state index is -5.38. The molecule has 0 bridgehead atoms. The van der Waals surface area contributed by atoms with Crippen molar-refractivity contribution < 1.29 is 21.6 Å². The van der Waals surface area contributed by atoms with Gasteiger partial charge in [-0.1, -0.05) is 45.0 Å². The van der Waals surface area contributed by atoms with Crippen molar-refractivity contribution >= 4 is 9.84 Å². The van der Waals surface area contributed by atoms with Crippen molar-refractivity contribution in [2.45, 2.75) is 36.6 Å². The number of benzene rings is 1. The number of aromatic amines is 1. The van der Waals surface area contributed by atoms with Gasteiger partial charge in [0.15, 0.2) is 0 Å². The van der Waals surface area contributed by atoms with E-state index in [-0.39, 0.29) is 11.1 Å². The van der Waals surface area contributed by atoms with E-state index in [0.29, 0.717) is 5.56 Å². The summed E-state index contributed by atoms with van der Waals surface area (Å²) >= 11 is 0. The molecule has 0 atom stereocenters. The largest absolute Gasteiger partial charge is 0.501 e. The molecule has 0 amide bonds. The van der Waals surface area contributed by atoms with Crippen LogP contribution in [0, 0.1) is 0 Å². The molecule has 2 rings (SSSR count). The van der Waals surface area contributed by atoms with E-state index >= 15 is 0 Å². The van der Waals surface area contributed by atoms with Crippen LogP contribution in [0.2, 0.25) is 0 Å². The Bertz CT molecular complexity index is 766. The van der Waals surface area contributed by atoms with Crippen LogP contribution in [-0.2, 0) is 15.3 Å². The normalized spacial score (nSPS) is 13.4. The van der Waals surface area contributed by atoms with Crippen LogP contribution in [0.25, 0.3) is 11.3 Å². The van der Waals surface area contributed by atoms with Crippen molar-refractivity contribution in [3.05, 3.63) is 42.1 Å². The molecule has 1 aromatic heterocycles. The Kier molecular flexibility index (Phi) is 3.89. The molecule has 0 unspecified atom stereocenters. The zero-order chi connectivity index (χ0) is 16.8. The quantitative estimate of drug-likeness (QED) is 0.893. The van der Waals surface area contributed by atoms with Gasteiger partial charge in [-0.05, 0) is 22.6 Å². The SMILES string of the molecule is CC(C)(C)c1ccc(-c2[nH]ccc2S(=O)(=O)C(F)(F)F)cc1. The Balaban J connectivity index is 2.51. The summed E-state index contributed by atoms with van der Waals surface area (Å²) in [4.78, 5) is 1.82. The monoisotopic (exact) mass is 331 g/mol. The third-order valence-electron chi connectivity index (χ3n) is 3.34. The number of hydrogen-bond donors (Lipinski definition) is 1. The van der Waals surface area contributed by atoms with Gasteiger partial charge in [-0.3, -0.25) is 0 Å². The van der Waals surface area contributed by atoms with Crippen LogP contribution in [0.5, 0.6) is 0 Å². The molecule has 0 aliphatic heterocycles. The van der Waals surface area contributed by atoms with Crippen molar-refractivity contribution in [2.24, 2.45) is 0 Å². The summed E-state index contributed by atoms with van der Waals surface area (Å²) in [6.07, 6.45) is 1.19. The minimum Gasteiger partial charge on any atom is -0.360 e. The van der Waals surface area contributed by atoms with E-state index in [2.05, 4.69) is 4.98 Å². The predicted molar refractivity (Wildman–Crippen MR) is 78.2 cm³/mol. The lowest BCUT2D eigenvalue weighted by atomic mass is 9.86. The van der Waals surface area contributed by atoms with Gasteiger partial charge in [-0.25, -0.2) is 8.42 Å². The maximum Gasteiger partial charge on any atom is 0.501 e. The Morgan fingerprint density at radius 3 is 1.95 bits per heavy atom. The average Bonchev–Trinajstić information content (AvgIpc) is 2.86. The highest BCUT2D eigenvalue weighted by Gasteiger charge is 2.48. The summed E-state index contributed by atoms with van der Waals surface area (Å²) in [6, 6.07) is 7.71. The number of aromatic nitrogens is 1. The second-order valence-corrected chi connectivity index (χ2v) is 7.90. The Morgan fingerprint density at radius 1 is 0.955 bits per heavy atom. The highest BCUT2D eigenvalue weighted by Crippen LogP contribution is 2.36. The molecule has 0 aliphatic rings. The molecular weight excluding hydrogens is 315 g/mol. The third kappa shape index (κ3) is 2.90. The van der Waals surface area contributed by atoms with Crippen LogP contribution in [0.1, 0.15) is 26.3 Å². The first-order valence-corrected chi connectivity index (χ1v) is 8.02. The summed E-state index contributed by atoms with van der Waals surface area (Å²) in [7, 11) is -5.38. The van der Waals surface area contributed by atoms with E-state index in [1.165, 1.54) is 6.20 Å². The van der Waals surface area contributed by atoms with E-state index < -0.39 is 20.2 Å². The standard InChI is InChI=1S/C15H16F3NO2S/c1-14(2,3)11-6-4-10(5-7-11)13-12(8-9-19-13)22(20,21)15(16,17)18/h4-9,19H,1-3H3. The molecule has 22 heavy (non-hydrogen) atoms. The third-order valence-corrected chi connectivity index (χ3v) is 4.87. The van der Waals surface area contributed by atoms with Crippen LogP contribution >= 0.6 is 0 Å². The fraction of sp³-hybridized carbons (Fsp3) is 0.333. The lowest BCUT2D eigenvalue weighted by molar-refractivity contribution is -0.0435. The zero-order valence-electron chi connectivity index (χ0n) is 12.3. The van der Waals surface area contributed by atoms with Gasteiger partial charge in [0.25, 0.3) is 9.84 Å². The highest BCUT2D eigenvalue weighted by atomic mass is 32.2. The molecule has 1 aromatic carbocycles. The Hall–Kier alpha value is -1.76. The molecule has 120 valence electrons. The van der Waals surface area contributed by atoms with Gasteiger partial charge in [0.05, 0.1) is 5.69 Å². The zero-order valence-corrected chi connectivity index (χ0v) is 13.1. The van der Waals surface area contributed by atoms with Crippen LogP contribution in [0.4, 0.5) is 13.2 Å². The first-order valence-electron chi connectivity index (χ1n) is 6.54. The van der Waals surface area contributed by atoms with Crippen LogP contribution in [0.3, 0.4) is 0 Å². The summed E-state index contributed by atoms with van der Waals surface area (Å²) in [6.45, 7) is 6.03. The maximum atomic E-state index is 12.7. The Morgan fingerprint density at radius 2 is 1.50 bits per heavy atom. The first kappa shape index (κ1) is 16.6. The number of rotatable bonds is 2. The highest BCUT2D eigenvalue weighted by molar-refractivity contribution is 7.92. The topological polar surface area (TPSA) is 49.9 Å². The summed E-state index contributed by atoms with van der Waals surface area (Å²) in [5.41, 5.74) is -4.09. The van der Waals surface area contributed by atoms with Crippen LogP contribution in [-0.4, -0.2) is 18.9 Å². The first-order chi connectivity index (χ1) is 9.94. The molecule has 0 radical (unpaired) electrons. The van der Waals surface area contributed by atoms with Crippen molar-refractivity contribution in [2.75, 3.05) is 0 Å². The fourth-order valence-corrected chi connectivity index (χ4v) is 3.01. The molecule has 0 fully saturated rings. The molecule has 3 nitrogen and oxygen atoms in total. The maximum absolute atomic E-state index is 12.7. The molecular formula is C15H16F3NO2S. The molecule has 0 spiro atoms. The van der Waals surface area contributed by atoms with Gasteiger partial charge in [0.2, 0.25) is 0 Å². The number of H-pyrrole nitrogens is 1. The molecule has 1 N–H and O–H groups in total. The van der Waals surface area contributed by atoms with Crippen molar-refractivity contribution in [3.8, 4) is 11.3 Å². The van der Waals surface area contributed by atoms with Crippen LogP contribution < -0.4 is 0 Å². The number of halogens is 3. The van der Waals surface area contributed by atoms with E-state index in [9.17, 15) is 21.6 Å². The summed E-state index contributed by atoms with van der Waals surface area (Å²) in [5.74, 6) is 0. The second-order valence-electron chi connectivity index (χ2n) is 5.99.